The van der Waals surface area contributed by atoms with Gasteiger partial charge in [-0.15, -0.1) is 0 Å². The number of anilines is 1. The predicted octanol–water partition coefficient (Wildman–Crippen LogP) is 1.74. The van der Waals surface area contributed by atoms with Gasteiger partial charge in [-0.05, 0) is 37.0 Å². The highest BCUT2D eigenvalue weighted by molar-refractivity contribution is 5.61. The summed E-state index contributed by atoms with van der Waals surface area (Å²) in [7, 11) is 0. The molecule has 18 heavy (non-hydrogen) atoms. The van der Waals surface area contributed by atoms with Gasteiger partial charge in [-0.25, -0.2) is 4.39 Å². The van der Waals surface area contributed by atoms with Crippen LogP contribution in [0.1, 0.15) is 12.5 Å². The van der Waals surface area contributed by atoms with Gasteiger partial charge in [-0.3, -0.25) is 0 Å². The van der Waals surface area contributed by atoms with Crippen molar-refractivity contribution in [1.82, 2.24) is 5.32 Å². The Hall–Kier alpha value is -1.60. The number of hydrogen-bond donors (Lipinski definition) is 1. The first kappa shape index (κ1) is 11.5. The summed E-state index contributed by atoms with van der Waals surface area (Å²) in [6.07, 6.45) is 0. The average molecular weight is 245 g/mol. The van der Waals surface area contributed by atoms with E-state index in [0.29, 0.717) is 23.4 Å². The standard InChI is InChI=1S/C14H16FN3/c1-9-13-7-17-6-11(13)8-18(9)14-3-2-12(15)4-10(14)5-16/h2-4,9,11,13,17H,6-8H2,1H3. The predicted molar refractivity (Wildman–Crippen MR) is 67.8 cm³/mol. The minimum Gasteiger partial charge on any atom is -0.367 e. The molecule has 0 aliphatic carbocycles. The fraction of sp³-hybridized carbons (Fsp3) is 0.500. The highest BCUT2D eigenvalue weighted by atomic mass is 19.1. The first-order valence-electron chi connectivity index (χ1n) is 6.37. The molecule has 0 saturated carbocycles. The molecule has 0 radical (unpaired) electrons. The minimum atomic E-state index is -0.344. The zero-order chi connectivity index (χ0) is 12.7. The topological polar surface area (TPSA) is 39.1 Å². The zero-order valence-corrected chi connectivity index (χ0v) is 10.4. The lowest BCUT2D eigenvalue weighted by Gasteiger charge is -2.27. The minimum absolute atomic E-state index is 0.344. The third-order valence-corrected chi connectivity index (χ3v) is 4.32. The largest absolute Gasteiger partial charge is 0.367 e. The number of benzene rings is 1. The van der Waals surface area contributed by atoms with Crippen molar-refractivity contribution in [1.29, 1.82) is 5.26 Å². The van der Waals surface area contributed by atoms with E-state index in [1.807, 2.05) is 0 Å². The summed E-state index contributed by atoms with van der Waals surface area (Å²) in [6.45, 7) is 5.25. The van der Waals surface area contributed by atoms with E-state index in [2.05, 4.69) is 23.2 Å². The van der Waals surface area contributed by atoms with Crippen molar-refractivity contribution in [2.45, 2.75) is 13.0 Å². The monoisotopic (exact) mass is 245 g/mol. The molecule has 3 atom stereocenters. The van der Waals surface area contributed by atoms with Crippen molar-refractivity contribution in [3.05, 3.63) is 29.6 Å². The van der Waals surface area contributed by atoms with Gasteiger partial charge in [0.05, 0.1) is 11.3 Å². The number of rotatable bonds is 1. The van der Waals surface area contributed by atoms with Crippen molar-refractivity contribution in [2.75, 3.05) is 24.5 Å². The summed E-state index contributed by atoms with van der Waals surface area (Å²) < 4.78 is 13.2. The number of nitrogens with one attached hydrogen (secondary N) is 1. The molecule has 4 heteroatoms. The van der Waals surface area contributed by atoms with Crippen LogP contribution in [0.2, 0.25) is 0 Å². The van der Waals surface area contributed by atoms with Crippen LogP contribution in [-0.2, 0) is 0 Å². The van der Waals surface area contributed by atoms with Gasteiger partial charge in [0.2, 0.25) is 0 Å². The molecule has 0 amide bonds. The van der Waals surface area contributed by atoms with Gasteiger partial charge in [0.1, 0.15) is 11.9 Å². The van der Waals surface area contributed by atoms with E-state index in [4.69, 9.17) is 5.26 Å². The van der Waals surface area contributed by atoms with Gasteiger partial charge in [0.25, 0.3) is 0 Å². The molecule has 1 N–H and O–H groups in total. The third kappa shape index (κ3) is 1.67. The first-order valence-corrected chi connectivity index (χ1v) is 6.37. The van der Waals surface area contributed by atoms with Crippen molar-refractivity contribution in [3.63, 3.8) is 0 Å². The van der Waals surface area contributed by atoms with Gasteiger partial charge in [-0.1, -0.05) is 0 Å². The summed E-state index contributed by atoms with van der Waals surface area (Å²) in [6, 6.07) is 7.01. The second-order valence-corrected chi connectivity index (χ2v) is 5.25. The van der Waals surface area contributed by atoms with Gasteiger partial charge in [0.15, 0.2) is 0 Å². The van der Waals surface area contributed by atoms with E-state index in [-0.39, 0.29) is 5.82 Å². The Morgan fingerprint density at radius 2 is 2.28 bits per heavy atom. The highest BCUT2D eigenvalue weighted by Crippen LogP contribution is 2.37. The van der Waals surface area contributed by atoms with E-state index < -0.39 is 0 Å². The van der Waals surface area contributed by atoms with Crippen LogP contribution in [0.25, 0.3) is 0 Å². The maximum absolute atomic E-state index is 13.2. The van der Waals surface area contributed by atoms with Gasteiger partial charge in [-0.2, -0.15) is 5.26 Å². The van der Waals surface area contributed by atoms with Crippen molar-refractivity contribution in [2.24, 2.45) is 11.8 Å². The summed E-state index contributed by atoms with van der Waals surface area (Å²) in [5.74, 6) is 0.946. The lowest BCUT2D eigenvalue weighted by atomic mass is 9.95. The van der Waals surface area contributed by atoms with Crippen LogP contribution in [0, 0.1) is 29.0 Å². The Kier molecular flexibility index (Phi) is 2.71. The summed E-state index contributed by atoms with van der Waals surface area (Å²) in [4.78, 5) is 2.26. The van der Waals surface area contributed by atoms with Crippen molar-refractivity contribution < 1.29 is 4.39 Å². The molecular weight excluding hydrogens is 229 g/mol. The molecule has 0 spiro atoms. The third-order valence-electron chi connectivity index (χ3n) is 4.32. The van der Waals surface area contributed by atoms with E-state index in [1.165, 1.54) is 12.1 Å². The number of halogens is 1. The fourth-order valence-corrected chi connectivity index (χ4v) is 3.33. The molecule has 94 valence electrons. The second kappa shape index (κ2) is 4.25. The van der Waals surface area contributed by atoms with Crippen LogP contribution in [-0.4, -0.2) is 25.7 Å². The van der Waals surface area contributed by atoms with E-state index in [0.717, 1.165) is 25.3 Å². The molecule has 0 aromatic heterocycles. The van der Waals surface area contributed by atoms with Crippen molar-refractivity contribution in [3.8, 4) is 6.07 Å². The SMILES string of the molecule is CC1C2CNCC2CN1c1ccc(F)cc1C#N. The number of nitriles is 1. The molecule has 3 rings (SSSR count). The van der Waals surface area contributed by atoms with Crippen LogP contribution >= 0.6 is 0 Å². The second-order valence-electron chi connectivity index (χ2n) is 5.25. The van der Waals surface area contributed by atoms with Crippen LogP contribution in [0.4, 0.5) is 10.1 Å². The van der Waals surface area contributed by atoms with E-state index in [1.54, 1.807) is 6.07 Å². The first-order chi connectivity index (χ1) is 8.70. The molecule has 1 aromatic carbocycles. The molecule has 2 aliphatic heterocycles. The van der Waals surface area contributed by atoms with Gasteiger partial charge >= 0.3 is 0 Å². The Morgan fingerprint density at radius 1 is 1.44 bits per heavy atom. The molecule has 2 saturated heterocycles. The highest BCUT2D eigenvalue weighted by Gasteiger charge is 2.42. The Morgan fingerprint density at radius 3 is 3.00 bits per heavy atom. The van der Waals surface area contributed by atoms with Crippen LogP contribution in [0.15, 0.2) is 18.2 Å². The molecule has 2 aliphatic rings. The molecule has 2 heterocycles. The zero-order valence-electron chi connectivity index (χ0n) is 10.4. The molecule has 1 aromatic rings. The molecule has 2 fully saturated rings. The lowest BCUT2D eigenvalue weighted by Crippen LogP contribution is -2.33. The summed E-state index contributed by atoms with van der Waals surface area (Å²) >= 11 is 0. The Balaban J connectivity index is 1.94. The molecule has 3 nitrogen and oxygen atoms in total. The van der Waals surface area contributed by atoms with Gasteiger partial charge in [0, 0.05) is 25.7 Å². The Bertz CT molecular complexity index is 508. The fourth-order valence-electron chi connectivity index (χ4n) is 3.33. The summed E-state index contributed by atoms with van der Waals surface area (Å²) in [5.41, 5.74) is 1.32. The maximum Gasteiger partial charge on any atom is 0.124 e. The van der Waals surface area contributed by atoms with Gasteiger partial charge < -0.3 is 10.2 Å². The Labute approximate surface area is 106 Å². The normalized spacial score (nSPS) is 30.3. The van der Waals surface area contributed by atoms with E-state index in [9.17, 15) is 4.39 Å². The average Bonchev–Trinajstić information content (AvgIpc) is 2.93. The van der Waals surface area contributed by atoms with Crippen LogP contribution in [0.3, 0.4) is 0 Å². The number of nitrogens with zero attached hydrogens (tertiary/aromatic N) is 2. The maximum atomic E-state index is 13.2. The quantitative estimate of drug-likeness (QED) is 0.819. The van der Waals surface area contributed by atoms with E-state index >= 15 is 0 Å². The van der Waals surface area contributed by atoms with Crippen molar-refractivity contribution >= 4 is 5.69 Å². The summed E-state index contributed by atoms with van der Waals surface area (Å²) in [5, 5.41) is 12.5. The molecule has 0 bridgehead atoms. The smallest absolute Gasteiger partial charge is 0.124 e. The number of fused-ring (bicyclic) bond motifs is 1. The molecule has 3 unspecified atom stereocenters. The lowest BCUT2D eigenvalue weighted by molar-refractivity contribution is 0.471. The van der Waals surface area contributed by atoms with Crippen LogP contribution < -0.4 is 10.2 Å². The number of hydrogen-bond acceptors (Lipinski definition) is 3. The molecular formula is C14H16FN3. The van der Waals surface area contributed by atoms with Crippen LogP contribution in [0.5, 0.6) is 0 Å².